The second-order valence-corrected chi connectivity index (χ2v) is 6.52. The van der Waals surface area contributed by atoms with Crippen LogP contribution < -0.4 is 10.5 Å². The number of nitrogens with two attached hydrogens (primary N) is 1. The molecule has 0 radical (unpaired) electrons. The Labute approximate surface area is 108 Å². The lowest BCUT2D eigenvalue weighted by molar-refractivity contribution is 0.312. The van der Waals surface area contributed by atoms with Crippen LogP contribution in [0.25, 0.3) is 0 Å². The Hall–Kier alpha value is -0.950. The van der Waals surface area contributed by atoms with Crippen LogP contribution in [-0.4, -0.2) is 31.9 Å². The largest absolute Gasteiger partial charge is 0.326 e. The predicted molar refractivity (Wildman–Crippen MR) is 71.0 cm³/mol. The Morgan fingerprint density at radius 2 is 2.00 bits per heavy atom. The summed E-state index contributed by atoms with van der Waals surface area (Å²) in [4.78, 5) is 0. The lowest BCUT2D eigenvalue weighted by Gasteiger charge is -2.35. The minimum Gasteiger partial charge on any atom is -0.326 e. The quantitative estimate of drug-likeness (QED) is 0.814. The molecule has 18 heavy (non-hydrogen) atoms. The van der Waals surface area contributed by atoms with Crippen molar-refractivity contribution in [1.29, 1.82) is 0 Å². The first-order chi connectivity index (χ1) is 8.49. The Morgan fingerprint density at radius 3 is 2.50 bits per heavy atom. The van der Waals surface area contributed by atoms with Gasteiger partial charge in [-0.05, 0) is 18.4 Å². The van der Waals surface area contributed by atoms with Crippen LogP contribution in [0, 0.1) is 0 Å². The SMILES string of the molecule is CN(Cc1ccccc1)S(=O)(=O)N[C@@H]1CC[C@@H]1N. The highest BCUT2D eigenvalue weighted by Crippen LogP contribution is 2.19. The van der Waals surface area contributed by atoms with E-state index < -0.39 is 10.2 Å². The van der Waals surface area contributed by atoms with Crippen LogP contribution in [0.2, 0.25) is 0 Å². The highest BCUT2D eigenvalue weighted by Gasteiger charge is 2.32. The molecule has 5 nitrogen and oxygen atoms in total. The molecule has 0 aromatic heterocycles. The van der Waals surface area contributed by atoms with Crippen molar-refractivity contribution in [3.05, 3.63) is 35.9 Å². The summed E-state index contributed by atoms with van der Waals surface area (Å²) in [5.74, 6) is 0. The first-order valence-electron chi connectivity index (χ1n) is 6.02. The lowest BCUT2D eigenvalue weighted by Crippen LogP contribution is -2.56. The molecular weight excluding hydrogens is 250 g/mol. The van der Waals surface area contributed by atoms with E-state index in [-0.39, 0.29) is 12.1 Å². The number of rotatable bonds is 5. The van der Waals surface area contributed by atoms with Gasteiger partial charge in [0, 0.05) is 25.7 Å². The fourth-order valence-corrected chi connectivity index (χ4v) is 3.05. The standard InChI is InChI=1S/C12H19N3O2S/c1-15(9-10-5-3-2-4-6-10)18(16,17)14-12-8-7-11(12)13/h2-6,11-12,14H,7-9,13H2,1H3/t11-,12+/m0/s1. The van der Waals surface area contributed by atoms with Gasteiger partial charge in [0.15, 0.2) is 0 Å². The predicted octanol–water partition coefficient (Wildman–Crippen LogP) is 0.443. The molecule has 1 saturated carbocycles. The van der Waals surface area contributed by atoms with Gasteiger partial charge in [0.05, 0.1) is 0 Å². The van der Waals surface area contributed by atoms with Crippen molar-refractivity contribution in [3.63, 3.8) is 0 Å². The summed E-state index contributed by atoms with van der Waals surface area (Å²) in [7, 11) is -1.88. The first kappa shape index (κ1) is 13.5. The second-order valence-electron chi connectivity index (χ2n) is 4.71. The zero-order valence-electron chi connectivity index (χ0n) is 10.4. The van der Waals surface area contributed by atoms with E-state index in [1.807, 2.05) is 30.3 Å². The summed E-state index contributed by atoms with van der Waals surface area (Å²) in [5, 5.41) is 0. The van der Waals surface area contributed by atoms with Crippen molar-refractivity contribution in [3.8, 4) is 0 Å². The second kappa shape index (κ2) is 5.36. The molecule has 1 aromatic rings. The highest BCUT2D eigenvalue weighted by atomic mass is 32.2. The molecule has 1 fully saturated rings. The fourth-order valence-electron chi connectivity index (χ4n) is 1.88. The first-order valence-corrected chi connectivity index (χ1v) is 7.46. The van der Waals surface area contributed by atoms with Gasteiger partial charge in [0.25, 0.3) is 10.2 Å². The molecule has 6 heteroatoms. The van der Waals surface area contributed by atoms with E-state index in [9.17, 15) is 8.42 Å². The number of nitrogens with one attached hydrogen (secondary N) is 1. The van der Waals surface area contributed by atoms with Gasteiger partial charge in [0.1, 0.15) is 0 Å². The Morgan fingerprint density at radius 1 is 1.33 bits per heavy atom. The van der Waals surface area contributed by atoms with Gasteiger partial charge in [-0.25, -0.2) is 0 Å². The average Bonchev–Trinajstić information content (AvgIpc) is 2.35. The summed E-state index contributed by atoms with van der Waals surface area (Å²) in [5.41, 5.74) is 6.70. The van der Waals surface area contributed by atoms with E-state index in [4.69, 9.17) is 5.73 Å². The van der Waals surface area contributed by atoms with Crippen molar-refractivity contribution in [2.75, 3.05) is 7.05 Å². The lowest BCUT2D eigenvalue weighted by atomic mass is 9.88. The molecule has 100 valence electrons. The maximum atomic E-state index is 12.0. The normalized spacial score (nSPS) is 23.9. The van der Waals surface area contributed by atoms with Gasteiger partial charge in [-0.2, -0.15) is 17.4 Å². The number of benzene rings is 1. The molecule has 2 atom stereocenters. The molecular formula is C12H19N3O2S. The third-order valence-corrected chi connectivity index (χ3v) is 4.84. The van der Waals surface area contributed by atoms with Gasteiger partial charge in [-0.1, -0.05) is 30.3 Å². The van der Waals surface area contributed by atoms with Crippen LogP contribution in [0.5, 0.6) is 0 Å². The molecule has 0 spiro atoms. The number of hydrogen-bond acceptors (Lipinski definition) is 3. The van der Waals surface area contributed by atoms with E-state index in [0.29, 0.717) is 6.54 Å². The Balaban J connectivity index is 1.97. The summed E-state index contributed by atoms with van der Waals surface area (Å²) >= 11 is 0. The van der Waals surface area contributed by atoms with Crippen molar-refractivity contribution >= 4 is 10.2 Å². The van der Waals surface area contributed by atoms with Crippen molar-refractivity contribution < 1.29 is 8.42 Å². The molecule has 2 rings (SSSR count). The van der Waals surface area contributed by atoms with Gasteiger partial charge in [-0.15, -0.1) is 0 Å². The molecule has 0 unspecified atom stereocenters. The molecule has 1 aromatic carbocycles. The van der Waals surface area contributed by atoms with Crippen LogP contribution in [0.4, 0.5) is 0 Å². The van der Waals surface area contributed by atoms with Crippen LogP contribution in [-0.2, 0) is 16.8 Å². The highest BCUT2D eigenvalue weighted by molar-refractivity contribution is 7.87. The maximum absolute atomic E-state index is 12.0. The van der Waals surface area contributed by atoms with E-state index >= 15 is 0 Å². The van der Waals surface area contributed by atoms with E-state index in [0.717, 1.165) is 18.4 Å². The fraction of sp³-hybridized carbons (Fsp3) is 0.500. The molecule has 0 saturated heterocycles. The van der Waals surface area contributed by atoms with E-state index in [1.54, 1.807) is 7.05 Å². The smallest absolute Gasteiger partial charge is 0.279 e. The average molecular weight is 269 g/mol. The van der Waals surface area contributed by atoms with Gasteiger partial charge in [-0.3, -0.25) is 0 Å². The van der Waals surface area contributed by atoms with Crippen molar-refractivity contribution in [2.24, 2.45) is 5.73 Å². The molecule has 0 aliphatic heterocycles. The van der Waals surface area contributed by atoms with Crippen LogP contribution in [0.15, 0.2) is 30.3 Å². The van der Waals surface area contributed by atoms with E-state index in [1.165, 1.54) is 4.31 Å². The van der Waals surface area contributed by atoms with Crippen LogP contribution in [0.3, 0.4) is 0 Å². The molecule has 0 bridgehead atoms. The Kier molecular flexibility index (Phi) is 4.01. The van der Waals surface area contributed by atoms with Crippen molar-refractivity contribution in [2.45, 2.75) is 31.5 Å². The molecule has 3 N–H and O–H groups in total. The monoisotopic (exact) mass is 269 g/mol. The maximum Gasteiger partial charge on any atom is 0.279 e. The zero-order chi connectivity index (χ0) is 13.2. The van der Waals surface area contributed by atoms with Crippen LogP contribution >= 0.6 is 0 Å². The van der Waals surface area contributed by atoms with Crippen LogP contribution in [0.1, 0.15) is 18.4 Å². The van der Waals surface area contributed by atoms with E-state index in [2.05, 4.69) is 4.72 Å². The van der Waals surface area contributed by atoms with Gasteiger partial charge in [0.2, 0.25) is 0 Å². The molecule has 0 amide bonds. The topological polar surface area (TPSA) is 75.4 Å². The van der Waals surface area contributed by atoms with Gasteiger partial charge >= 0.3 is 0 Å². The third kappa shape index (κ3) is 3.08. The third-order valence-electron chi connectivity index (χ3n) is 3.29. The minimum atomic E-state index is -3.45. The molecule has 0 heterocycles. The zero-order valence-corrected chi connectivity index (χ0v) is 11.2. The summed E-state index contributed by atoms with van der Waals surface area (Å²) < 4.78 is 28.0. The number of nitrogens with zero attached hydrogens (tertiary/aromatic N) is 1. The van der Waals surface area contributed by atoms with Crippen molar-refractivity contribution in [1.82, 2.24) is 9.03 Å². The summed E-state index contributed by atoms with van der Waals surface area (Å²) in [6.07, 6.45) is 1.70. The molecule has 1 aliphatic rings. The summed E-state index contributed by atoms with van der Waals surface area (Å²) in [6, 6.07) is 9.33. The minimum absolute atomic E-state index is 0.0510. The van der Waals surface area contributed by atoms with Gasteiger partial charge < -0.3 is 5.73 Å². The Bertz CT molecular complexity index is 489. The summed E-state index contributed by atoms with van der Waals surface area (Å²) in [6.45, 7) is 0.359. The molecule has 1 aliphatic carbocycles. The number of hydrogen-bond donors (Lipinski definition) is 2.